The Morgan fingerprint density at radius 2 is 2.12 bits per heavy atom. The minimum absolute atomic E-state index is 0.584. The van der Waals surface area contributed by atoms with Crippen molar-refractivity contribution in [1.29, 1.82) is 0 Å². The summed E-state index contributed by atoms with van der Waals surface area (Å²) in [5.74, 6) is 0.971. The molecule has 16 heavy (non-hydrogen) atoms. The molecule has 2 aliphatic rings. The highest BCUT2D eigenvalue weighted by atomic mass is 16.5. The van der Waals surface area contributed by atoms with Crippen molar-refractivity contribution in [3.63, 3.8) is 0 Å². The van der Waals surface area contributed by atoms with Gasteiger partial charge in [-0.3, -0.25) is 4.90 Å². The van der Waals surface area contributed by atoms with Gasteiger partial charge in [0, 0.05) is 25.2 Å². The van der Waals surface area contributed by atoms with E-state index in [2.05, 4.69) is 24.2 Å². The van der Waals surface area contributed by atoms with E-state index in [9.17, 15) is 0 Å². The van der Waals surface area contributed by atoms with E-state index in [0.29, 0.717) is 12.1 Å². The van der Waals surface area contributed by atoms with Crippen LogP contribution in [0.1, 0.15) is 32.6 Å². The maximum absolute atomic E-state index is 5.63. The van der Waals surface area contributed by atoms with E-state index < -0.39 is 0 Å². The fourth-order valence-electron chi connectivity index (χ4n) is 2.57. The lowest BCUT2D eigenvalue weighted by Crippen LogP contribution is -2.54. The molecule has 1 saturated heterocycles. The topological polar surface area (TPSA) is 24.5 Å². The summed E-state index contributed by atoms with van der Waals surface area (Å²) < 4.78 is 5.63. The van der Waals surface area contributed by atoms with E-state index in [4.69, 9.17) is 4.74 Å². The summed E-state index contributed by atoms with van der Waals surface area (Å²) >= 11 is 0. The maximum atomic E-state index is 5.63. The van der Waals surface area contributed by atoms with Gasteiger partial charge in [-0.05, 0) is 45.2 Å². The summed E-state index contributed by atoms with van der Waals surface area (Å²) in [5, 5.41) is 3.67. The van der Waals surface area contributed by atoms with Gasteiger partial charge in [0.2, 0.25) is 0 Å². The Kier molecular flexibility index (Phi) is 4.62. The monoisotopic (exact) mass is 226 g/mol. The summed E-state index contributed by atoms with van der Waals surface area (Å²) in [6, 6.07) is 1.22. The molecular formula is C13H26N2O. The SMILES string of the molecule is CCCNC1CCOCC1N(C)CC1CC1. The van der Waals surface area contributed by atoms with Gasteiger partial charge in [-0.15, -0.1) is 0 Å². The molecule has 0 radical (unpaired) electrons. The third-order valence-electron chi connectivity index (χ3n) is 3.79. The molecule has 2 unspecified atom stereocenters. The van der Waals surface area contributed by atoms with Crippen LogP contribution in [0.25, 0.3) is 0 Å². The first-order valence-electron chi connectivity index (χ1n) is 6.82. The third kappa shape index (κ3) is 3.44. The Morgan fingerprint density at radius 1 is 1.31 bits per heavy atom. The molecule has 0 aromatic rings. The molecule has 1 N–H and O–H groups in total. The summed E-state index contributed by atoms with van der Waals surface area (Å²) in [4.78, 5) is 2.52. The van der Waals surface area contributed by atoms with Crippen molar-refractivity contribution in [3.05, 3.63) is 0 Å². The first-order chi connectivity index (χ1) is 7.81. The average molecular weight is 226 g/mol. The first kappa shape index (κ1) is 12.3. The quantitative estimate of drug-likeness (QED) is 0.742. The van der Waals surface area contributed by atoms with Crippen LogP contribution in [0.2, 0.25) is 0 Å². The third-order valence-corrected chi connectivity index (χ3v) is 3.79. The lowest BCUT2D eigenvalue weighted by Gasteiger charge is -2.38. The normalized spacial score (nSPS) is 30.9. The van der Waals surface area contributed by atoms with E-state index >= 15 is 0 Å². The first-order valence-corrected chi connectivity index (χ1v) is 6.82. The molecule has 1 aliphatic carbocycles. The number of hydrogen-bond acceptors (Lipinski definition) is 3. The molecule has 1 saturated carbocycles. The van der Waals surface area contributed by atoms with Gasteiger partial charge in [-0.25, -0.2) is 0 Å². The highest BCUT2D eigenvalue weighted by Gasteiger charge is 2.31. The second-order valence-electron chi connectivity index (χ2n) is 5.37. The number of nitrogens with one attached hydrogen (secondary N) is 1. The number of hydrogen-bond donors (Lipinski definition) is 1. The van der Waals surface area contributed by atoms with E-state index in [1.165, 1.54) is 32.2 Å². The Morgan fingerprint density at radius 3 is 2.81 bits per heavy atom. The zero-order valence-electron chi connectivity index (χ0n) is 10.7. The molecule has 0 amide bonds. The van der Waals surface area contributed by atoms with Crippen molar-refractivity contribution in [1.82, 2.24) is 10.2 Å². The molecule has 94 valence electrons. The Hall–Kier alpha value is -0.120. The van der Waals surface area contributed by atoms with E-state index in [-0.39, 0.29) is 0 Å². The van der Waals surface area contributed by atoms with Crippen molar-refractivity contribution in [2.45, 2.75) is 44.7 Å². The van der Waals surface area contributed by atoms with Crippen molar-refractivity contribution in [3.8, 4) is 0 Å². The van der Waals surface area contributed by atoms with Crippen LogP contribution in [-0.2, 0) is 4.74 Å². The van der Waals surface area contributed by atoms with Crippen LogP contribution < -0.4 is 5.32 Å². The molecule has 0 aromatic carbocycles. The zero-order valence-corrected chi connectivity index (χ0v) is 10.7. The number of likely N-dealkylation sites (N-methyl/N-ethyl adjacent to an activating group) is 1. The van der Waals surface area contributed by atoms with Crippen molar-refractivity contribution in [2.75, 3.05) is 33.4 Å². The lowest BCUT2D eigenvalue weighted by atomic mass is 10.0. The maximum Gasteiger partial charge on any atom is 0.0636 e. The van der Waals surface area contributed by atoms with Gasteiger partial charge in [-0.1, -0.05) is 6.92 Å². The van der Waals surface area contributed by atoms with Crippen LogP contribution in [0.3, 0.4) is 0 Å². The molecule has 1 aliphatic heterocycles. The molecule has 1 heterocycles. The van der Waals surface area contributed by atoms with Gasteiger partial charge in [0.15, 0.2) is 0 Å². The standard InChI is InChI=1S/C13H26N2O/c1-3-7-14-12-6-8-16-10-13(12)15(2)9-11-4-5-11/h11-14H,3-10H2,1-2H3. The number of rotatable bonds is 6. The molecule has 0 bridgehead atoms. The minimum atomic E-state index is 0.584. The number of nitrogens with zero attached hydrogens (tertiary/aromatic N) is 1. The molecular weight excluding hydrogens is 200 g/mol. The van der Waals surface area contributed by atoms with Gasteiger partial charge < -0.3 is 10.1 Å². The Balaban J connectivity index is 1.81. The molecule has 2 rings (SSSR count). The van der Waals surface area contributed by atoms with Gasteiger partial charge in [0.25, 0.3) is 0 Å². The fraction of sp³-hybridized carbons (Fsp3) is 1.00. The van der Waals surface area contributed by atoms with Crippen LogP contribution in [0.5, 0.6) is 0 Å². The highest BCUT2D eigenvalue weighted by Crippen LogP contribution is 2.30. The fourth-order valence-corrected chi connectivity index (χ4v) is 2.57. The predicted molar refractivity (Wildman–Crippen MR) is 66.7 cm³/mol. The summed E-state index contributed by atoms with van der Waals surface area (Å²) in [6.45, 7) is 6.46. The minimum Gasteiger partial charge on any atom is -0.380 e. The predicted octanol–water partition coefficient (Wildman–Crippen LogP) is 1.49. The molecule has 3 nitrogen and oxygen atoms in total. The summed E-state index contributed by atoms with van der Waals surface area (Å²) in [5.41, 5.74) is 0. The average Bonchev–Trinajstić information content (AvgIpc) is 3.10. The van der Waals surface area contributed by atoms with Crippen molar-refractivity contribution < 1.29 is 4.74 Å². The van der Waals surface area contributed by atoms with Crippen molar-refractivity contribution >= 4 is 0 Å². The van der Waals surface area contributed by atoms with Gasteiger partial charge in [0.1, 0.15) is 0 Å². The van der Waals surface area contributed by atoms with Crippen LogP contribution in [0.15, 0.2) is 0 Å². The van der Waals surface area contributed by atoms with E-state index in [1.807, 2.05) is 0 Å². The van der Waals surface area contributed by atoms with Crippen LogP contribution in [0, 0.1) is 5.92 Å². The van der Waals surface area contributed by atoms with Gasteiger partial charge in [0.05, 0.1) is 6.61 Å². The van der Waals surface area contributed by atoms with Crippen molar-refractivity contribution in [2.24, 2.45) is 5.92 Å². The van der Waals surface area contributed by atoms with Crippen LogP contribution in [0.4, 0.5) is 0 Å². The Bertz CT molecular complexity index is 206. The molecule has 3 heteroatoms. The summed E-state index contributed by atoms with van der Waals surface area (Å²) in [7, 11) is 2.26. The summed E-state index contributed by atoms with van der Waals surface area (Å²) in [6.07, 6.45) is 5.26. The van der Waals surface area contributed by atoms with E-state index in [0.717, 1.165) is 25.7 Å². The zero-order chi connectivity index (χ0) is 11.4. The van der Waals surface area contributed by atoms with Crippen LogP contribution in [-0.4, -0.2) is 50.3 Å². The lowest BCUT2D eigenvalue weighted by molar-refractivity contribution is 0.00479. The van der Waals surface area contributed by atoms with E-state index in [1.54, 1.807) is 0 Å². The highest BCUT2D eigenvalue weighted by molar-refractivity contribution is 4.88. The second-order valence-corrected chi connectivity index (χ2v) is 5.37. The molecule has 2 atom stereocenters. The smallest absolute Gasteiger partial charge is 0.0636 e. The second kappa shape index (κ2) is 5.99. The van der Waals surface area contributed by atoms with Crippen LogP contribution >= 0.6 is 0 Å². The molecule has 2 fully saturated rings. The number of ether oxygens (including phenoxy) is 1. The largest absolute Gasteiger partial charge is 0.380 e. The molecule has 0 aromatic heterocycles. The van der Waals surface area contributed by atoms with Gasteiger partial charge in [-0.2, -0.15) is 0 Å². The Labute approximate surface area is 99.5 Å². The van der Waals surface area contributed by atoms with Gasteiger partial charge >= 0.3 is 0 Å². The molecule has 0 spiro atoms.